The molecular weight excluding hydrogens is 252 g/mol. The van der Waals surface area contributed by atoms with Crippen LogP contribution in [0.3, 0.4) is 0 Å². The van der Waals surface area contributed by atoms with Gasteiger partial charge in [0.1, 0.15) is 0 Å². The number of hydrogen-bond acceptors (Lipinski definition) is 1. The summed E-state index contributed by atoms with van der Waals surface area (Å²) in [5.74, 6) is 0.758. The van der Waals surface area contributed by atoms with Crippen LogP contribution in [-0.4, -0.2) is 0 Å². The zero-order valence-electron chi connectivity index (χ0n) is 8.14. The Morgan fingerprint density at radius 3 is 2.53 bits per heavy atom. The van der Waals surface area contributed by atoms with Gasteiger partial charge in [-0.25, -0.2) is 0 Å². The van der Waals surface area contributed by atoms with Gasteiger partial charge in [-0.1, -0.05) is 47.6 Å². The van der Waals surface area contributed by atoms with E-state index in [-0.39, 0.29) is 6.04 Å². The van der Waals surface area contributed by atoms with Crippen molar-refractivity contribution in [3.8, 4) is 0 Å². The number of nitrogens with two attached hydrogens (primary N) is 1. The Labute approximate surface area is 104 Å². The molecule has 1 atom stereocenters. The minimum absolute atomic E-state index is 0.0544. The highest BCUT2D eigenvalue weighted by Gasteiger charge is 2.25. The fourth-order valence-electron chi connectivity index (χ4n) is 1.69. The van der Waals surface area contributed by atoms with Crippen molar-refractivity contribution in [3.05, 3.63) is 32.8 Å². The minimum atomic E-state index is -0.0544. The Kier molecular flexibility index (Phi) is 3.46. The second-order valence-electron chi connectivity index (χ2n) is 4.08. The maximum Gasteiger partial charge on any atom is 0.0641 e. The van der Waals surface area contributed by atoms with Crippen molar-refractivity contribution in [1.82, 2.24) is 0 Å². The van der Waals surface area contributed by atoms with E-state index in [1.807, 2.05) is 6.07 Å². The van der Waals surface area contributed by atoms with Crippen molar-refractivity contribution < 1.29 is 0 Å². The van der Waals surface area contributed by atoms with Gasteiger partial charge in [0, 0.05) is 11.1 Å². The molecule has 0 aliphatic heterocycles. The van der Waals surface area contributed by atoms with Gasteiger partial charge in [-0.05, 0) is 30.0 Å². The predicted octanol–water partition coefficient (Wildman–Crippen LogP) is 4.45. The van der Waals surface area contributed by atoms with Crippen LogP contribution in [0.15, 0.2) is 12.1 Å². The van der Waals surface area contributed by atoms with Crippen molar-refractivity contribution in [2.45, 2.75) is 25.3 Å². The van der Waals surface area contributed by atoms with Gasteiger partial charge in [0.05, 0.1) is 10.0 Å². The van der Waals surface area contributed by atoms with Gasteiger partial charge >= 0.3 is 0 Å². The first kappa shape index (κ1) is 11.5. The van der Waals surface area contributed by atoms with Crippen LogP contribution in [0.2, 0.25) is 15.1 Å². The zero-order chi connectivity index (χ0) is 11.0. The second-order valence-corrected chi connectivity index (χ2v) is 5.30. The Bertz CT molecular complexity index is 374. The third-order valence-corrected chi connectivity index (χ3v) is 3.74. The molecule has 0 spiro atoms. The average molecular weight is 265 g/mol. The second kappa shape index (κ2) is 4.50. The SMILES string of the molecule is N[C@@H](CC1CC1)c1cc(Cl)cc(Cl)c1Cl. The van der Waals surface area contributed by atoms with Gasteiger partial charge in [-0.3, -0.25) is 0 Å². The number of rotatable bonds is 3. The van der Waals surface area contributed by atoms with Gasteiger partial charge in [0.25, 0.3) is 0 Å². The van der Waals surface area contributed by atoms with E-state index in [2.05, 4.69) is 0 Å². The van der Waals surface area contributed by atoms with Gasteiger partial charge in [0.15, 0.2) is 0 Å². The van der Waals surface area contributed by atoms with Crippen molar-refractivity contribution in [3.63, 3.8) is 0 Å². The molecule has 82 valence electrons. The average Bonchev–Trinajstić information content (AvgIpc) is 2.94. The van der Waals surface area contributed by atoms with Crippen molar-refractivity contribution in [1.29, 1.82) is 0 Å². The molecule has 4 heteroatoms. The molecule has 2 N–H and O–H groups in total. The van der Waals surface area contributed by atoms with E-state index in [0.717, 1.165) is 17.9 Å². The molecule has 1 aromatic rings. The number of hydrogen-bond donors (Lipinski definition) is 1. The summed E-state index contributed by atoms with van der Waals surface area (Å²) in [5.41, 5.74) is 6.93. The highest BCUT2D eigenvalue weighted by Crippen LogP contribution is 2.40. The molecule has 0 heterocycles. The van der Waals surface area contributed by atoms with E-state index in [9.17, 15) is 0 Å². The monoisotopic (exact) mass is 263 g/mol. The summed E-state index contributed by atoms with van der Waals surface area (Å²) in [6, 6.07) is 3.39. The lowest BCUT2D eigenvalue weighted by molar-refractivity contribution is 0.597. The molecule has 0 bridgehead atoms. The first-order chi connectivity index (χ1) is 7.08. The van der Waals surface area contributed by atoms with Crippen molar-refractivity contribution in [2.75, 3.05) is 0 Å². The van der Waals surface area contributed by atoms with Gasteiger partial charge in [0.2, 0.25) is 0 Å². The molecule has 1 aromatic carbocycles. The maximum atomic E-state index is 6.09. The highest BCUT2D eigenvalue weighted by molar-refractivity contribution is 6.43. The Hall–Kier alpha value is 0.0500. The molecule has 1 nitrogen and oxygen atoms in total. The molecule has 0 unspecified atom stereocenters. The molecule has 0 aromatic heterocycles. The molecule has 1 aliphatic carbocycles. The van der Waals surface area contributed by atoms with Crippen LogP contribution < -0.4 is 5.73 Å². The maximum absolute atomic E-state index is 6.09. The summed E-state index contributed by atoms with van der Waals surface area (Å²) in [7, 11) is 0. The van der Waals surface area contributed by atoms with Crippen LogP contribution in [0.4, 0.5) is 0 Å². The summed E-state index contributed by atoms with van der Waals surface area (Å²) in [6.07, 6.45) is 3.52. The largest absolute Gasteiger partial charge is 0.324 e. The number of halogens is 3. The van der Waals surface area contributed by atoms with Crippen LogP contribution in [0.25, 0.3) is 0 Å². The summed E-state index contributed by atoms with van der Waals surface area (Å²) in [4.78, 5) is 0. The first-order valence-corrected chi connectivity index (χ1v) is 6.11. The third-order valence-electron chi connectivity index (χ3n) is 2.70. The van der Waals surface area contributed by atoms with Crippen molar-refractivity contribution >= 4 is 34.8 Å². The van der Waals surface area contributed by atoms with Crippen LogP contribution in [0.5, 0.6) is 0 Å². The lowest BCUT2D eigenvalue weighted by Gasteiger charge is -2.14. The molecule has 1 fully saturated rings. The molecule has 0 amide bonds. The molecule has 15 heavy (non-hydrogen) atoms. The molecule has 2 rings (SSSR count). The van der Waals surface area contributed by atoms with Crippen LogP contribution >= 0.6 is 34.8 Å². The fourth-order valence-corrected chi connectivity index (χ4v) is 2.44. The van der Waals surface area contributed by atoms with Gasteiger partial charge in [-0.2, -0.15) is 0 Å². The zero-order valence-corrected chi connectivity index (χ0v) is 10.4. The molecule has 1 saturated carbocycles. The first-order valence-electron chi connectivity index (χ1n) is 4.98. The molecule has 0 radical (unpaired) electrons. The lowest BCUT2D eigenvalue weighted by Crippen LogP contribution is -2.11. The van der Waals surface area contributed by atoms with Crippen LogP contribution in [-0.2, 0) is 0 Å². The highest BCUT2D eigenvalue weighted by atomic mass is 35.5. The van der Waals surface area contributed by atoms with E-state index >= 15 is 0 Å². The summed E-state index contributed by atoms with van der Waals surface area (Å²) < 4.78 is 0. The smallest absolute Gasteiger partial charge is 0.0641 e. The summed E-state index contributed by atoms with van der Waals surface area (Å²) in [6.45, 7) is 0. The molecule has 1 aliphatic rings. The Balaban J connectivity index is 2.24. The van der Waals surface area contributed by atoms with E-state index in [4.69, 9.17) is 40.5 Å². The quantitative estimate of drug-likeness (QED) is 0.802. The normalized spacial score (nSPS) is 17.9. The number of benzene rings is 1. The topological polar surface area (TPSA) is 26.0 Å². The minimum Gasteiger partial charge on any atom is -0.324 e. The molecular formula is C11H12Cl3N. The van der Waals surface area contributed by atoms with E-state index in [1.54, 1.807) is 6.07 Å². The van der Waals surface area contributed by atoms with Crippen LogP contribution in [0, 0.1) is 5.92 Å². The van der Waals surface area contributed by atoms with Crippen LogP contribution in [0.1, 0.15) is 30.9 Å². The summed E-state index contributed by atoms with van der Waals surface area (Å²) >= 11 is 18.0. The third kappa shape index (κ3) is 2.79. The van der Waals surface area contributed by atoms with Crippen molar-refractivity contribution in [2.24, 2.45) is 11.7 Å². The molecule has 0 saturated heterocycles. The fraction of sp³-hybridized carbons (Fsp3) is 0.455. The van der Waals surface area contributed by atoms with Gasteiger partial charge in [-0.15, -0.1) is 0 Å². The van der Waals surface area contributed by atoms with E-state index in [0.29, 0.717) is 15.1 Å². The van der Waals surface area contributed by atoms with Gasteiger partial charge < -0.3 is 5.73 Å². The van der Waals surface area contributed by atoms with E-state index in [1.165, 1.54) is 12.8 Å². The lowest BCUT2D eigenvalue weighted by atomic mass is 10.0. The standard InChI is InChI=1S/C11H12Cl3N/c12-7-4-8(11(14)9(13)5-7)10(15)3-6-1-2-6/h4-6,10H,1-3,15H2/t10-/m0/s1. The summed E-state index contributed by atoms with van der Waals surface area (Å²) in [5, 5.41) is 1.60. The predicted molar refractivity (Wildman–Crippen MR) is 65.7 cm³/mol. The Morgan fingerprint density at radius 1 is 1.27 bits per heavy atom. The van der Waals surface area contributed by atoms with E-state index < -0.39 is 0 Å². The Morgan fingerprint density at radius 2 is 1.93 bits per heavy atom.